The molecule has 0 aliphatic heterocycles. The predicted molar refractivity (Wildman–Crippen MR) is 110 cm³/mol. The molecule has 0 aromatic heterocycles. The first-order valence-corrected chi connectivity index (χ1v) is 9.85. The summed E-state index contributed by atoms with van der Waals surface area (Å²) in [7, 11) is 1.69. The predicted octanol–water partition coefficient (Wildman–Crippen LogP) is 6.62. The Morgan fingerprint density at radius 3 is 1.72 bits per heavy atom. The van der Waals surface area contributed by atoms with Crippen LogP contribution in [-0.4, -0.2) is 11.7 Å². The summed E-state index contributed by atoms with van der Waals surface area (Å²) in [6, 6.07) is 29.2. The highest BCUT2D eigenvalue weighted by Crippen LogP contribution is 2.36. The second-order valence-corrected chi connectivity index (χ2v) is 8.09. The van der Waals surface area contributed by atoms with Crippen molar-refractivity contribution in [3.8, 4) is 5.75 Å². The Kier molecular flexibility index (Phi) is 6.66. The zero-order valence-electron chi connectivity index (χ0n) is 14.0. The van der Waals surface area contributed by atoms with Gasteiger partial charge in [0.2, 0.25) is 0 Å². The summed E-state index contributed by atoms with van der Waals surface area (Å²) in [5, 5.41) is 0. The maximum Gasteiger partial charge on any atom is 0.118 e. The van der Waals surface area contributed by atoms with Gasteiger partial charge < -0.3 is 4.74 Å². The van der Waals surface area contributed by atoms with Crippen molar-refractivity contribution in [3.63, 3.8) is 0 Å². The Labute approximate surface area is 158 Å². The molecule has 0 radical (unpaired) electrons. The molecule has 0 bridgehead atoms. The van der Waals surface area contributed by atoms with E-state index in [1.54, 1.807) is 7.11 Å². The molecule has 1 nitrogen and oxygen atoms in total. The fourth-order valence-corrected chi connectivity index (χ4v) is 4.61. The minimum absolute atomic E-state index is 0.298. The molecule has 3 rings (SSSR count). The molecule has 3 aromatic carbocycles. The van der Waals surface area contributed by atoms with Gasteiger partial charge in [0.25, 0.3) is 0 Å². The van der Waals surface area contributed by atoms with Crippen LogP contribution < -0.4 is 4.74 Å². The van der Waals surface area contributed by atoms with Crippen molar-refractivity contribution >= 4 is 29.6 Å². The molecule has 3 aromatic rings. The lowest BCUT2D eigenvalue weighted by molar-refractivity contribution is 0.415. The topological polar surface area (TPSA) is 9.23 Å². The van der Waals surface area contributed by atoms with E-state index in [4.69, 9.17) is 4.74 Å². The molecule has 126 valence electrons. The largest absolute Gasteiger partial charge is 0.497 e. The first kappa shape index (κ1) is 17.7. The van der Waals surface area contributed by atoms with Gasteiger partial charge in [-0.15, -0.1) is 23.5 Å². The van der Waals surface area contributed by atoms with Gasteiger partial charge in [0.05, 0.1) is 11.7 Å². The van der Waals surface area contributed by atoms with Gasteiger partial charge in [-0.2, -0.15) is 0 Å². The van der Waals surface area contributed by atoms with Crippen LogP contribution >= 0.6 is 23.5 Å². The lowest BCUT2D eigenvalue weighted by atomic mass is 10.2. The zero-order valence-corrected chi connectivity index (χ0v) is 15.7. The second kappa shape index (κ2) is 9.40. The van der Waals surface area contributed by atoms with E-state index in [0.29, 0.717) is 4.58 Å². The van der Waals surface area contributed by atoms with Crippen molar-refractivity contribution < 1.29 is 4.74 Å². The number of hydrogen-bond donors (Lipinski definition) is 0. The first-order valence-electron chi connectivity index (χ1n) is 8.09. The van der Waals surface area contributed by atoms with E-state index >= 15 is 0 Å². The zero-order chi connectivity index (χ0) is 17.3. The van der Waals surface area contributed by atoms with Crippen LogP contribution in [0.1, 0.15) is 5.56 Å². The fraction of sp³-hybridized carbons (Fsp3) is 0.0909. The third-order valence-electron chi connectivity index (χ3n) is 3.55. The van der Waals surface area contributed by atoms with E-state index in [9.17, 15) is 0 Å². The smallest absolute Gasteiger partial charge is 0.118 e. The average Bonchev–Trinajstić information content (AvgIpc) is 2.68. The monoisotopic (exact) mass is 364 g/mol. The van der Waals surface area contributed by atoms with Gasteiger partial charge in [0.15, 0.2) is 0 Å². The van der Waals surface area contributed by atoms with Crippen molar-refractivity contribution in [3.05, 3.63) is 96.6 Å². The molecule has 0 unspecified atom stereocenters. The molecule has 0 saturated heterocycles. The van der Waals surface area contributed by atoms with Crippen LogP contribution in [-0.2, 0) is 0 Å². The Morgan fingerprint density at radius 1 is 0.720 bits per heavy atom. The van der Waals surface area contributed by atoms with Crippen molar-refractivity contribution in [1.82, 2.24) is 0 Å². The van der Waals surface area contributed by atoms with Crippen molar-refractivity contribution in [2.24, 2.45) is 0 Å². The van der Waals surface area contributed by atoms with Gasteiger partial charge in [-0.25, -0.2) is 0 Å². The standard InChI is InChI=1S/C22H20OS2/c1-23-19-15-12-18(13-16-19)14-17-22(24-20-8-4-2-5-9-20)25-21-10-6-3-7-11-21/h2-17,22H,1H3/b17-14+. The second-order valence-electron chi connectivity index (χ2n) is 5.36. The quantitative estimate of drug-likeness (QED) is 0.344. The van der Waals surface area contributed by atoms with E-state index < -0.39 is 0 Å². The lowest BCUT2D eigenvalue weighted by Crippen LogP contribution is -1.92. The van der Waals surface area contributed by atoms with Crippen LogP contribution in [0, 0.1) is 0 Å². The van der Waals surface area contributed by atoms with E-state index in [-0.39, 0.29) is 0 Å². The first-order chi connectivity index (χ1) is 12.3. The van der Waals surface area contributed by atoms with Gasteiger partial charge >= 0.3 is 0 Å². The van der Waals surface area contributed by atoms with Crippen LogP contribution in [0.5, 0.6) is 5.75 Å². The fourth-order valence-electron chi connectivity index (χ4n) is 2.27. The minimum Gasteiger partial charge on any atom is -0.497 e. The van der Waals surface area contributed by atoms with Gasteiger partial charge in [-0.1, -0.05) is 60.7 Å². The van der Waals surface area contributed by atoms with Crippen LogP contribution in [0.4, 0.5) is 0 Å². The molecule has 0 aliphatic rings. The molecule has 3 heteroatoms. The van der Waals surface area contributed by atoms with Gasteiger partial charge in [0.1, 0.15) is 5.75 Å². The third kappa shape index (κ3) is 5.73. The molecule has 0 spiro atoms. The summed E-state index contributed by atoms with van der Waals surface area (Å²) in [5.41, 5.74) is 1.17. The minimum atomic E-state index is 0.298. The summed E-state index contributed by atoms with van der Waals surface area (Å²) >= 11 is 3.72. The molecule has 0 amide bonds. The number of benzene rings is 3. The highest BCUT2D eigenvalue weighted by molar-refractivity contribution is 8.17. The summed E-state index contributed by atoms with van der Waals surface area (Å²) in [6.07, 6.45) is 4.44. The number of hydrogen-bond acceptors (Lipinski definition) is 3. The summed E-state index contributed by atoms with van der Waals surface area (Å²) in [6.45, 7) is 0. The highest BCUT2D eigenvalue weighted by atomic mass is 32.2. The van der Waals surface area contributed by atoms with Crippen LogP contribution in [0.3, 0.4) is 0 Å². The van der Waals surface area contributed by atoms with Gasteiger partial charge in [-0.05, 0) is 42.0 Å². The van der Waals surface area contributed by atoms with Crippen molar-refractivity contribution in [2.45, 2.75) is 14.4 Å². The summed E-state index contributed by atoms with van der Waals surface area (Å²) in [5.74, 6) is 0.881. The van der Waals surface area contributed by atoms with Crippen molar-refractivity contribution in [1.29, 1.82) is 0 Å². The molecule has 0 N–H and O–H groups in total. The highest BCUT2D eigenvalue weighted by Gasteiger charge is 2.09. The van der Waals surface area contributed by atoms with E-state index in [2.05, 4.69) is 84.9 Å². The number of ether oxygens (including phenoxy) is 1. The molecular weight excluding hydrogens is 344 g/mol. The lowest BCUT2D eigenvalue weighted by Gasteiger charge is -2.12. The number of thioether (sulfide) groups is 2. The van der Waals surface area contributed by atoms with Crippen molar-refractivity contribution in [2.75, 3.05) is 7.11 Å². The number of methoxy groups -OCH3 is 1. The molecule has 0 atom stereocenters. The van der Waals surface area contributed by atoms with Gasteiger partial charge in [0, 0.05) is 9.79 Å². The summed E-state index contributed by atoms with van der Waals surface area (Å²) in [4.78, 5) is 2.55. The third-order valence-corrected chi connectivity index (χ3v) is 6.00. The number of rotatable bonds is 7. The molecular formula is C22H20OS2. The summed E-state index contributed by atoms with van der Waals surface area (Å²) < 4.78 is 5.52. The molecule has 25 heavy (non-hydrogen) atoms. The van der Waals surface area contributed by atoms with Crippen LogP contribution in [0.25, 0.3) is 6.08 Å². The Morgan fingerprint density at radius 2 is 1.24 bits per heavy atom. The Hall–Kier alpha value is -2.10. The van der Waals surface area contributed by atoms with E-state index in [1.807, 2.05) is 35.7 Å². The SMILES string of the molecule is COc1ccc(/C=C/C(Sc2ccccc2)Sc2ccccc2)cc1. The molecule has 0 saturated carbocycles. The maximum atomic E-state index is 5.22. The normalized spacial score (nSPS) is 11.1. The molecule has 0 fully saturated rings. The van der Waals surface area contributed by atoms with E-state index in [1.165, 1.54) is 15.4 Å². The van der Waals surface area contributed by atoms with Crippen LogP contribution in [0.2, 0.25) is 0 Å². The van der Waals surface area contributed by atoms with Gasteiger partial charge in [-0.3, -0.25) is 0 Å². The molecule has 0 heterocycles. The Bertz CT molecular complexity index is 742. The van der Waals surface area contributed by atoms with E-state index in [0.717, 1.165) is 5.75 Å². The Balaban J connectivity index is 1.75. The molecule has 0 aliphatic carbocycles. The maximum absolute atomic E-state index is 5.22. The average molecular weight is 365 g/mol. The van der Waals surface area contributed by atoms with Crippen LogP contribution in [0.15, 0.2) is 101 Å².